The van der Waals surface area contributed by atoms with Crippen LogP contribution in [-0.2, 0) is 11.8 Å². The molecule has 0 aliphatic carbocycles. The van der Waals surface area contributed by atoms with Crippen molar-refractivity contribution in [2.75, 3.05) is 32.0 Å². The quantitative estimate of drug-likeness (QED) is 0.264. The highest BCUT2D eigenvalue weighted by atomic mass is 16.5. The lowest BCUT2D eigenvalue weighted by Gasteiger charge is -2.48. The number of hydrogen-bond donors (Lipinski definition) is 2. The van der Waals surface area contributed by atoms with Crippen molar-refractivity contribution in [2.45, 2.75) is 31.8 Å². The third kappa shape index (κ3) is 5.57. The first-order chi connectivity index (χ1) is 20.9. The van der Waals surface area contributed by atoms with Crippen LogP contribution in [0.4, 0.5) is 5.82 Å². The molecule has 2 fully saturated rings. The standard InChI is InChI=1S/C33H35N7O3/c1-4-29(42)40-15-14-24(16-25(40)19-41)39-17-22(18-39)8-13-27-30(31-32(34)35-20-36-33(31)38(27)3)23-9-11-26(12-10-23)43-28-7-5-6-21(2)37-28/h4-7,9-12,20,22,24-25,41H,1,14-19H2,2-3H3,(H2,34,35,36)/t24?,25-/m0/s1. The number of carbonyl (C=O) groups excluding carboxylic acids is 1. The lowest BCUT2D eigenvalue weighted by atomic mass is 9.90. The van der Waals surface area contributed by atoms with Gasteiger partial charge in [0.05, 0.1) is 18.0 Å². The van der Waals surface area contributed by atoms with Gasteiger partial charge in [-0.05, 0) is 55.5 Å². The average molecular weight is 578 g/mol. The topological polar surface area (TPSA) is 123 Å². The average Bonchev–Trinajstić information content (AvgIpc) is 3.28. The molecule has 2 atom stereocenters. The number of hydrogen-bond acceptors (Lipinski definition) is 8. The predicted octanol–water partition coefficient (Wildman–Crippen LogP) is 3.53. The van der Waals surface area contributed by atoms with Crippen LogP contribution in [0, 0.1) is 24.7 Å². The molecule has 4 aromatic rings. The highest BCUT2D eigenvalue weighted by Gasteiger charge is 2.37. The molecule has 0 radical (unpaired) electrons. The van der Waals surface area contributed by atoms with Crippen LogP contribution in [0.25, 0.3) is 22.2 Å². The number of nitrogen functional groups attached to an aromatic ring is 1. The van der Waals surface area contributed by atoms with Crippen molar-refractivity contribution in [2.24, 2.45) is 13.0 Å². The Balaban J connectivity index is 1.22. The summed E-state index contributed by atoms with van der Waals surface area (Å²) in [5.41, 5.74) is 10.6. The van der Waals surface area contributed by atoms with E-state index >= 15 is 0 Å². The molecule has 1 unspecified atom stereocenters. The molecule has 2 saturated heterocycles. The van der Waals surface area contributed by atoms with Gasteiger partial charge >= 0.3 is 0 Å². The maximum atomic E-state index is 12.2. The van der Waals surface area contributed by atoms with Crippen molar-refractivity contribution in [3.05, 3.63) is 72.8 Å². The fourth-order valence-electron chi connectivity index (χ4n) is 6.10. The van der Waals surface area contributed by atoms with Crippen LogP contribution < -0.4 is 10.5 Å². The Morgan fingerprint density at radius 2 is 2.00 bits per heavy atom. The van der Waals surface area contributed by atoms with Crippen molar-refractivity contribution < 1.29 is 14.6 Å². The molecular formula is C33H35N7O3. The van der Waals surface area contributed by atoms with Gasteiger partial charge in [-0.25, -0.2) is 15.0 Å². The monoisotopic (exact) mass is 577 g/mol. The SMILES string of the molecule is C=CC(=O)N1CCC(N2CC(C#Cc3c(-c4ccc(Oc5cccc(C)n5)cc4)c4c(N)ncnc4n3C)C2)C[C@H]1CO. The zero-order chi connectivity index (χ0) is 30.1. The summed E-state index contributed by atoms with van der Waals surface area (Å²) in [6, 6.07) is 13.6. The molecule has 0 spiro atoms. The summed E-state index contributed by atoms with van der Waals surface area (Å²) in [6.07, 6.45) is 4.42. The molecule has 1 amide bonds. The van der Waals surface area contributed by atoms with Crippen LogP contribution in [0.15, 0.2) is 61.4 Å². The first kappa shape index (κ1) is 28.4. The van der Waals surface area contributed by atoms with Gasteiger partial charge in [-0.1, -0.05) is 30.7 Å². The maximum absolute atomic E-state index is 12.2. The molecule has 0 bridgehead atoms. The lowest BCUT2D eigenvalue weighted by Crippen LogP contribution is -2.58. The van der Waals surface area contributed by atoms with Crippen molar-refractivity contribution in [1.82, 2.24) is 29.3 Å². The second-order valence-electron chi connectivity index (χ2n) is 11.2. The lowest BCUT2D eigenvalue weighted by molar-refractivity contribution is -0.132. The third-order valence-electron chi connectivity index (χ3n) is 8.40. The summed E-state index contributed by atoms with van der Waals surface area (Å²) in [5.74, 6) is 8.65. The summed E-state index contributed by atoms with van der Waals surface area (Å²) in [7, 11) is 1.95. The number of benzene rings is 1. The number of aryl methyl sites for hydroxylation is 2. The number of ether oxygens (including phenoxy) is 1. The zero-order valence-electron chi connectivity index (χ0n) is 24.4. The summed E-state index contributed by atoms with van der Waals surface area (Å²) in [5, 5.41) is 10.6. The number of fused-ring (bicyclic) bond motifs is 1. The van der Waals surface area contributed by atoms with E-state index in [-0.39, 0.29) is 24.5 Å². The smallest absolute Gasteiger partial charge is 0.246 e. The van der Waals surface area contributed by atoms with Gasteiger partial charge in [-0.3, -0.25) is 9.69 Å². The predicted molar refractivity (Wildman–Crippen MR) is 165 cm³/mol. The minimum Gasteiger partial charge on any atom is -0.439 e. The van der Waals surface area contributed by atoms with E-state index in [9.17, 15) is 9.90 Å². The molecule has 43 heavy (non-hydrogen) atoms. The van der Waals surface area contributed by atoms with Gasteiger partial charge in [0.15, 0.2) is 0 Å². The molecular weight excluding hydrogens is 542 g/mol. The van der Waals surface area contributed by atoms with E-state index in [1.165, 1.54) is 12.4 Å². The van der Waals surface area contributed by atoms with Gasteiger partial charge in [0.25, 0.3) is 0 Å². The van der Waals surface area contributed by atoms with E-state index in [2.05, 4.69) is 38.3 Å². The van der Waals surface area contributed by atoms with Crippen LogP contribution in [0.5, 0.6) is 11.6 Å². The largest absolute Gasteiger partial charge is 0.439 e. The van der Waals surface area contributed by atoms with Gasteiger partial charge in [-0.15, -0.1) is 0 Å². The Hall–Kier alpha value is -4.72. The first-order valence-corrected chi connectivity index (χ1v) is 14.5. The number of nitrogens with zero attached hydrogens (tertiary/aromatic N) is 6. The van der Waals surface area contributed by atoms with Gasteiger partial charge in [0, 0.05) is 56.0 Å². The highest BCUT2D eigenvalue weighted by molar-refractivity contribution is 6.03. The number of likely N-dealkylation sites (tertiary alicyclic amines) is 2. The molecule has 0 saturated carbocycles. The minimum absolute atomic E-state index is 0.0427. The molecule has 2 aliphatic heterocycles. The summed E-state index contributed by atoms with van der Waals surface area (Å²) in [4.78, 5) is 29.5. The first-order valence-electron chi connectivity index (χ1n) is 14.5. The summed E-state index contributed by atoms with van der Waals surface area (Å²) >= 11 is 0. The van der Waals surface area contributed by atoms with E-state index < -0.39 is 0 Å². The fourth-order valence-corrected chi connectivity index (χ4v) is 6.10. The number of carbonyl (C=O) groups is 1. The number of nitrogens with two attached hydrogens (primary N) is 1. The van der Waals surface area contributed by atoms with Crippen LogP contribution in [-0.4, -0.2) is 78.7 Å². The molecule has 3 aromatic heterocycles. The summed E-state index contributed by atoms with van der Waals surface area (Å²) in [6.45, 7) is 7.81. The molecule has 6 rings (SSSR count). The number of aliphatic hydroxyl groups excluding tert-OH is 1. The van der Waals surface area contributed by atoms with Gasteiger partial charge < -0.3 is 25.0 Å². The molecule has 5 heterocycles. The number of piperidine rings is 1. The summed E-state index contributed by atoms with van der Waals surface area (Å²) < 4.78 is 7.94. The Labute approximate surface area is 250 Å². The Morgan fingerprint density at radius 1 is 1.21 bits per heavy atom. The Morgan fingerprint density at radius 3 is 2.72 bits per heavy atom. The highest BCUT2D eigenvalue weighted by Crippen LogP contribution is 2.37. The Kier molecular flexibility index (Phi) is 7.84. The molecule has 220 valence electrons. The van der Waals surface area contributed by atoms with E-state index in [4.69, 9.17) is 10.5 Å². The van der Waals surface area contributed by atoms with E-state index in [1.807, 2.05) is 61.0 Å². The van der Waals surface area contributed by atoms with Crippen molar-refractivity contribution in [3.8, 4) is 34.6 Å². The van der Waals surface area contributed by atoms with Crippen molar-refractivity contribution in [3.63, 3.8) is 0 Å². The number of rotatable bonds is 6. The molecule has 10 heteroatoms. The van der Waals surface area contributed by atoms with E-state index in [1.54, 1.807) is 4.90 Å². The van der Waals surface area contributed by atoms with Gasteiger partial charge in [0.1, 0.15) is 29.2 Å². The number of aromatic nitrogens is 4. The zero-order valence-corrected chi connectivity index (χ0v) is 24.4. The fraction of sp³-hybridized carbons (Fsp3) is 0.333. The van der Waals surface area contributed by atoms with Gasteiger partial charge in [-0.2, -0.15) is 0 Å². The van der Waals surface area contributed by atoms with Crippen LogP contribution >= 0.6 is 0 Å². The molecule has 3 N–H and O–H groups in total. The maximum Gasteiger partial charge on any atom is 0.246 e. The second-order valence-corrected chi connectivity index (χ2v) is 11.2. The molecule has 10 nitrogen and oxygen atoms in total. The van der Waals surface area contributed by atoms with Crippen LogP contribution in [0.1, 0.15) is 24.2 Å². The van der Waals surface area contributed by atoms with Crippen LogP contribution in [0.2, 0.25) is 0 Å². The van der Waals surface area contributed by atoms with E-state index in [0.717, 1.165) is 59.5 Å². The van der Waals surface area contributed by atoms with Crippen molar-refractivity contribution >= 4 is 22.8 Å². The third-order valence-corrected chi connectivity index (χ3v) is 8.40. The minimum atomic E-state index is -0.177. The number of anilines is 1. The van der Waals surface area contributed by atoms with Crippen LogP contribution in [0.3, 0.4) is 0 Å². The number of pyridine rings is 1. The van der Waals surface area contributed by atoms with E-state index in [0.29, 0.717) is 30.0 Å². The van der Waals surface area contributed by atoms with Gasteiger partial charge in [0.2, 0.25) is 11.8 Å². The van der Waals surface area contributed by atoms with Crippen molar-refractivity contribution in [1.29, 1.82) is 0 Å². The molecule has 2 aliphatic rings. The Bertz CT molecular complexity index is 1730. The number of amides is 1. The normalized spacial score (nSPS) is 19.0. The number of aliphatic hydroxyl groups is 1. The second kappa shape index (κ2) is 11.9. The molecule has 1 aromatic carbocycles.